The highest BCUT2D eigenvalue weighted by Gasteiger charge is 2.21. The van der Waals surface area contributed by atoms with Crippen molar-refractivity contribution in [2.45, 2.75) is 23.8 Å². The molecule has 1 saturated heterocycles. The number of carbonyl (C=O) groups excluding carboxylic acids is 1. The minimum absolute atomic E-state index is 0.0499. The van der Waals surface area contributed by atoms with Gasteiger partial charge in [-0.05, 0) is 66.9 Å². The number of halogens is 1. The van der Waals surface area contributed by atoms with E-state index in [1.54, 1.807) is 37.4 Å². The minimum atomic E-state index is -0.440. The van der Waals surface area contributed by atoms with Crippen molar-refractivity contribution in [3.8, 4) is 11.4 Å². The molecule has 6 nitrogen and oxygen atoms in total. The summed E-state index contributed by atoms with van der Waals surface area (Å²) in [6.45, 7) is 1.49. The van der Waals surface area contributed by atoms with Gasteiger partial charge in [-0.25, -0.2) is 9.37 Å². The smallest absolute Gasteiger partial charge is 0.266 e. The topological polar surface area (TPSA) is 64.4 Å². The van der Waals surface area contributed by atoms with E-state index in [0.29, 0.717) is 33.1 Å². The maximum absolute atomic E-state index is 14.1. The molecule has 3 aromatic carbocycles. The molecule has 0 bridgehead atoms. The molecule has 1 aromatic heterocycles. The lowest BCUT2D eigenvalue weighted by atomic mass is 10.1. The molecule has 35 heavy (non-hydrogen) atoms. The summed E-state index contributed by atoms with van der Waals surface area (Å²) in [6, 6.07) is 18.5. The summed E-state index contributed by atoms with van der Waals surface area (Å²) in [5.41, 5.74) is 2.04. The van der Waals surface area contributed by atoms with Crippen molar-refractivity contribution >= 4 is 28.6 Å². The average Bonchev–Trinajstić information content (AvgIpc) is 3.42. The summed E-state index contributed by atoms with van der Waals surface area (Å²) in [5.74, 6) is 0.773. The molecule has 1 aliphatic heterocycles. The first kappa shape index (κ1) is 23.1. The summed E-state index contributed by atoms with van der Waals surface area (Å²) < 4.78 is 20.8. The number of hydrogen-bond donors (Lipinski definition) is 0. The van der Waals surface area contributed by atoms with Crippen molar-refractivity contribution in [2.24, 2.45) is 0 Å². The van der Waals surface area contributed by atoms with Crippen LogP contribution in [0.2, 0.25) is 0 Å². The quantitative estimate of drug-likeness (QED) is 0.280. The number of rotatable bonds is 6. The van der Waals surface area contributed by atoms with Gasteiger partial charge in [-0.2, -0.15) is 0 Å². The van der Waals surface area contributed by atoms with E-state index in [2.05, 4.69) is 0 Å². The van der Waals surface area contributed by atoms with Crippen LogP contribution in [0.5, 0.6) is 5.75 Å². The van der Waals surface area contributed by atoms with E-state index in [4.69, 9.17) is 9.72 Å². The minimum Gasteiger partial charge on any atom is -0.497 e. The predicted molar refractivity (Wildman–Crippen MR) is 135 cm³/mol. The van der Waals surface area contributed by atoms with Gasteiger partial charge >= 0.3 is 0 Å². The van der Waals surface area contributed by atoms with Crippen LogP contribution in [0.4, 0.5) is 4.39 Å². The largest absolute Gasteiger partial charge is 0.497 e. The fourth-order valence-electron chi connectivity index (χ4n) is 4.25. The van der Waals surface area contributed by atoms with E-state index in [-0.39, 0.29) is 11.5 Å². The lowest BCUT2D eigenvalue weighted by Gasteiger charge is -2.16. The van der Waals surface area contributed by atoms with Crippen molar-refractivity contribution in [2.75, 3.05) is 20.2 Å². The van der Waals surface area contributed by atoms with Crippen molar-refractivity contribution in [3.63, 3.8) is 0 Å². The highest BCUT2D eigenvalue weighted by Crippen LogP contribution is 2.27. The Morgan fingerprint density at radius 1 is 1.06 bits per heavy atom. The molecule has 1 fully saturated rings. The molecular formula is C27H24FN3O3S. The Bertz CT molecular complexity index is 1460. The number of methoxy groups -OCH3 is 1. The Kier molecular flexibility index (Phi) is 6.55. The lowest BCUT2D eigenvalue weighted by molar-refractivity contribution is 0.0793. The molecule has 0 radical (unpaired) electrons. The van der Waals surface area contributed by atoms with Crippen molar-refractivity contribution < 1.29 is 13.9 Å². The van der Waals surface area contributed by atoms with Gasteiger partial charge in [-0.3, -0.25) is 14.2 Å². The van der Waals surface area contributed by atoms with Crippen LogP contribution >= 0.6 is 11.8 Å². The lowest BCUT2D eigenvalue weighted by Crippen LogP contribution is -2.28. The average molecular weight is 490 g/mol. The molecule has 178 valence electrons. The Morgan fingerprint density at radius 3 is 2.63 bits per heavy atom. The molecule has 0 unspecified atom stereocenters. The highest BCUT2D eigenvalue weighted by atomic mass is 32.2. The molecule has 2 heterocycles. The van der Waals surface area contributed by atoms with Crippen LogP contribution in [0.1, 0.15) is 28.8 Å². The first-order valence-corrected chi connectivity index (χ1v) is 12.4. The van der Waals surface area contributed by atoms with Gasteiger partial charge in [0.2, 0.25) is 0 Å². The standard InChI is InChI=1S/C27H24FN3O3S/c1-34-22-9-4-6-18(14-22)17-35-27-29-24-15-19(25(32)30-12-2-3-13-30)10-11-23(24)26(33)31(27)21-8-5-7-20(28)16-21/h4-11,14-16H,2-3,12-13,17H2,1H3. The molecule has 0 N–H and O–H groups in total. The van der Waals surface area contributed by atoms with E-state index < -0.39 is 5.82 Å². The molecule has 1 aliphatic rings. The molecular weight excluding hydrogens is 465 g/mol. The third-order valence-corrected chi connectivity index (χ3v) is 7.06. The third kappa shape index (κ3) is 4.79. The van der Waals surface area contributed by atoms with Crippen LogP contribution in [0, 0.1) is 5.82 Å². The molecule has 1 amide bonds. The van der Waals surface area contributed by atoms with Gasteiger partial charge in [0, 0.05) is 24.4 Å². The third-order valence-electron chi connectivity index (χ3n) is 6.05. The van der Waals surface area contributed by atoms with Crippen LogP contribution in [-0.2, 0) is 5.75 Å². The van der Waals surface area contributed by atoms with Crippen LogP contribution in [0.3, 0.4) is 0 Å². The zero-order chi connectivity index (χ0) is 24.4. The summed E-state index contributed by atoms with van der Waals surface area (Å²) >= 11 is 1.37. The van der Waals surface area contributed by atoms with Gasteiger partial charge in [0.05, 0.1) is 23.7 Å². The second-order valence-electron chi connectivity index (χ2n) is 8.39. The molecule has 0 spiro atoms. The SMILES string of the molecule is COc1cccc(CSc2nc3cc(C(=O)N4CCCC4)ccc3c(=O)n2-c2cccc(F)c2)c1. The number of nitrogens with zero attached hydrogens (tertiary/aromatic N) is 3. The summed E-state index contributed by atoms with van der Waals surface area (Å²) in [4.78, 5) is 33.1. The molecule has 8 heteroatoms. The van der Waals surface area contributed by atoms with Crippen molar-refractivity contribution in [1.29, 1.82) is 0 Å². The van der Waals surface area contributed by atoms with Gasteiger partial charge in [0.25, 0.3) is 11.5 Å². The molecule has 5 rings (SSSR count). The summed E-state index contributed by atoms with van der Waals surface area (Å²) in [6.07, 6.45) is 2.00. The first-order chi connectivity index (χ1) is 17.0. The number of benzene rings is 3. The zero-order valence-electron chi connectivity index (χ0n) is 19.2. The van der Waals surface area contributed by atoms with Crippen LogP contribution in [0.15, 0.2) is 76.7 Å². The number of hydrogen-bond acceptors (Lipinski definition) is 5. The molecule has 0 atom stereocenters. The van der Waals surface area contributed by atoms with Gasteiger partial charge in [0.1, 0.15) is 11.6 Å². The number of amides is 1. The summed E-state index contributed by atoms with van der Waals surface area (Å²) in [7, 11) is 1.61. The van der Waals surface area contributed by atoms with Crippen LogP contribution in [-0.4, -0.2) is 40.6 Å². The van der Waals surface area contributed by atoms with E-state index >= 15 is 0 Å². The van der Waals surface area contributed by atoms with Gasteiger partial charge in [0.15, 0.2) is 5.16 Å². The molecule has 0 saturated carbocycles. The van der Waals surface area contributed by atoms with Crippen molar-refractivity contribution in [1.82, 2.24) is 14.5 Å². The van der Waals surface area contributed by atoms with E-state index in [0.717, 1.165) is 37.2 Å². The van der Waals surface area contributed by atoms with Crippen LogP contribution < -0.4 is 10.3 Å². The second-order valence-corrected chi connectivity index (χ2v) is 9.33. The number of ether oxygens (including phenoxy) is 1. The number of thioether (sulfide) groups is 1. The number of likely N-dealkylation sites (tertiary alicyclic amines) is 1. The number of carbonyl (C=O) groups is 1. The van der Waals surface area contributed by atoms with Gasteiger partial charge < -0.3 is 9.64 Å². The monoisotopic (exact) mass is 489 g/mol. The van der Waals surface area contributed by atoms with E-state index in [1.807, 2.05) is 29.2 Å². The number of aromatic nitrogens is 2. The highest BCUT2D eigenvalue weighted by molar-refractivity contribution is 7.98. The van der Waals surface area contributed by atoms with Crippen molar-refractivity contribution in [3.05, 3.63) is 94.0 Å². The van der Waals surface area contributed by atoms with E-state index in [9.17, 15) is 14.0 Å². The number of fused-ring (bicyclic) bond motifs is 1. The fourth-order valence-corrected chi connectivity index (χ4v) is 5.21. The van der Waals surface area contributed by atoms with Crippen LogP contribution in [0.25, 0.3) is 16.6 Å². The summed E-state index contributed by atoms with van der Waals surface area (Å²) in [5, 5.41) is 0.791. The first-order valence-electron chi connectivity index (χ1n) is 11.4. The fraction of sp³-hybridized carbons (Fsp3) is 0.222. The maximum atomic E-state index is 14.1. The second kappa shape index (κ2) is 9.92. The van der Waals surface area contributed by atoms with E-state index in [1.165, 1.54) is 28.5 Å². The Morgan fingerprint density at radius 2 is 1.86 bits per heavy atom. The molecule has 0 aliphatic carbocycles. The Hall–Kier alpha value is -3.65. The Balaban J connectivity index is 1.59. The predicted octanol–water partition coefficient (Wildman–Crippen LogP) is 5.06. The zero-order valence-corrected chi connectivity index (χ0v) is 20.1. The van der Waals surface area contributed by atoms with Gasteiger partial charge in [-0.1, -0.05) is 30.0 Å². The van der Waals surface area contributed by atoms with Gasteiger partial charge in [-0.15, -0.1) is 0 Å². The normalized spacial score (nSPS) is 13.4. The Labute approximate surface area is 206 Å². The maximum Gasteiger partial charge on any atom is 0.266 e. The molecule has 4 aromatic rings.